The van der Waals surface area contributed by atoms with Gasteiger partial charge in [-0.1, -0.05) is 0 Å². The van der Waals surface area contributed by atoms with Crippen LogP contribution in [0.3, 0.4) is 0 Å². The fraction of sp³-hybridized carbons (Fsp3) is 0.750. The molecule has 2 heterocycles. The molecule has 0 aromatic carbocycles. The van der Waals surface area contributed by atoms with Crippen LogP contribution in [0.4, 0.5) is 0 Å². The Kier molecular flexibility index (Phi) is 5.38. The van der Waals surface area contributed by atoms with Crippen LogP contribution in [0, 0.1) is 0 Å². The van der Waals surface area contributed by atoms with Crippen molar-refractivity contribution in [3.05, 3.63) is 11.4 Å². The Labute approximate surface area is 140 Å². The molecule has 6 nitrogen and oxygen atoms in total. The first-order chi connectivity index (χ1) is 9.73. The summed E-state index contributed by atoms with van der Waals surface area (Å²) in [6.45, 7) is 8.64. The number of nitrogens with zero attached hydrogens (tertiary/aromatic N) is 2. The first-order valence-electron chi connectivity index (χ1n) is 6.72. The fourth-order valence-electron chi connectivity index (χ4n) is 2.26. The Morgan fingerprint density at radius 1 is 1.33 bits per heavy atom. The quantitative estimate of drug-likeness (QED) is 0.441. The molecule has 1 saturated heterocycles. The molecule has 0 amide bonds. The summed E-state index contributed by atoms with van der Waals surface area (Å²) < 4.78 is 19.3. The van der Waals surface area contributed by atoms with E-state index in [-0.39, 0.29) is 6.61 Å². The van der Waals surface area contributed by atoms with Crippen molar-refractivity contribution in [1.29, 1.82) is 0 Å². The van der Waals surface area contributed by atoms with E-state index in [4.69, 9.17) is 13.8 Å². The summed E-state index contributed by atoms with van der Waals surface area (Å²) in [5, 5.41) is 14.1. The lowest BCUT2D eigenvalue weighted by atomic mass is 9.77. The third-order valence-electron chi connectivity index (χ3n) is 4.19. The van der Waals surface area contributed by atoms with Crippen LogP contribution in [0.5, 0.6) is 0 Å². The molecule has 1 aliphatic rings. The molecule has 0 bridgehead atoms. The summed E-state index contributed by atoms with van der Waals surface area (Å²) in [6, 6.07) is 0. The van der Waals surface area contributed by atoms with Gasteiger partial charge in [-0.05, 0) is 49.7 Å². The van der Waals surface area contributed by atoms with Gasteiger partial charge in [0.15, 0.2) is 0 Å². The number of aliphatic hydroxyl groups excluding tert-OH is 1. The Bertz CT molecular complexity index is 508. The molecule has 0 radical (unpaired) electrons. The number of hydrogen-bond acceptors (Lipinski definition) is 5. The molecule has 1 fully saturated rings. The van der Waals surface area contributed by atoms with E-state index >= 15 is 0 Å². The zero-order valence-electron chi connectivity index (χ0n) is 12.9. The summed E-state index contributed by atoms with van der Waals surface area (Å²) in [5.41, 5.74) is 1.38. The molecule has 0 spiro atoms. The molecule has 21 heavy (non-hydrogen) atoms. The lowest BCUT2D eigenvalue weighted by Gasteiger charge is -2.32. The van der Waals surface area contributed by atoms with Crippen molar-refractivity contribution in [2.75, 3.05) is 0 Å². The summed E-state index contributed by atoms with van der Waals surface area (Å²) in [6.07, 6.45) is 0. The zero-order valence-corrected chi connectivity index (χ0v) is 16.1. The second-order valence-electron chi connectivity index (χ2n) is 6.04. The maximum Gasteiger partial charge on any atom is 0.498 e. The van der Waals surface area contributed by atoms with Crippen molar-refractivity contribution in [1.82, 2.24) is 9.78 Å². The summed E-state index contributed by atoms with van der Waals surface area (Å²) in [4.78, 5) is 0. The monoisotopic (exact) mass is 426 g/mol. The average Bonchev–Trinajstić information content (AvgIpc) is 2.80. The summed E-state index contributed by atoms with van der Waals surface area (Å²) in [7, 11) is 1.26. The van der Waals surface area contributed by atoms with E-state index in [0.29, 0.717) is 18.8 Å². The number of halogens is 1. The van der Waals surface area contributed by atoms with Crippen molar-refractivity contribution < 1.29 is 18.9 Å². The van der Waals surface area contributed by atoms with Gasteiger partial charge in [0.1, 0.15) is 0 Å². The number of aliphatic hydroxyl groups is 1. The predicted molar refractivity (Wildman–Crippen MR) is 92.0 cm³/mol. The van der Waals surface area contributed by atoms with E-state index in [1.54, 1.807) is 11.7 Å². The molecule has 118 valence electrons. The van der Waals surface area contributed by atoms with E-state index in [1.165, 1.54) is 0 Å². The van der Waals surface area contributed by atoms with Crippen LogP contribution in [0.1, 0.15) is 39.1 Å². The second-order valence-corrected chi connectivity index (χ2v) is 7.81. The lowest BCUT2D eigenvalue weighted by molar-refractivity contribution is 0.00578. The van der Waals surface area contributed by atoms with Gasteiger partial charge in [-0.15, -0.1) is 0 Å². The second kappa shape index (κ2) is 6.41. The Balaban J connectivity index is 2.39. The van der Waals surface area contributed by atoms with Crippen LogP contribution < -0.4 is 5.46 Å². The SMILES string of the molecule is Cn1nc(COPI)c(B2OC(C)(C)C(C)(C)O2)c1CO. The van der Waals surface area contributed by atoms with E-state index in [2.05, 4.69) is 27.1 Å². The van der Waals surface area contributed by atoms with Crippen LogP contribution >= 0.6 is 28.5 Å². The largest absolute Gasteiger partial charge is 0.498 e. The smallest absolute Gasteiger partial charge is 0.399 e. The minimum absolute atomic E-state index is 0.116. The van der Waals surface area contributed by atoms with E-state index in [1.807, 2.05) is 27.7 Å². The molecule has 1 aromatic heterocycles. The fourth-order valence-corrected chi connectivity index (χ4v) is 2.92. The van der Waals surface area contributed by atoms with E-state index in [9.17, 15) is 5.11 Å². The Morgan fingerprint density at radius 3 is 2.38 bits per heavy atom. The number of rotatable bonds is 5. The van der Waals surface area contributed by atoms with Gasteiger partial charge in [0.2, 0.25) is 0 Å². The first-order valence-corrected chi connectivity index (χ1v) is 10.7. The van der Waals surface area contributed by atoms with Crippen molar-refractivity contribution in [2.45, 2.75) is 52.1 Å². The number of aryl methyl sites for hydroxylation is 1. The van der Waals surface area contributed by atoms with Gasteiger partial charge in [-0.2, -0.15) is 5.10 Å². The molecule has 1 aromatic rings. The van der Waals surface area contributed by atoms with Gasteiger partial charge in [-0.25, -0.2) is 0 Å². The van der Waals surface area contributed by atoms with Crippen molar-refractivity contribution in [3.8, 4) is 0 Å². The molecular weight excluding hydrogens is 405 g/mol. The maximum atomic E-state index is 9.65. The molecule has 1 atom stereocenters. The van der Waals surface area contributed by atoms with Crippen LogP contribution in [-0.2, 0) is 34.1 Å². The van der Waals surface area contributed by atoms with Gasteiger partial charge in [-0.3, -0.25) is 4.68 Å². The van der Waals surface area contributed by atoms with Gasteiger partial charge in [0.25, 0.3) is 0 Å². The zero-order chi connectivity index (χ0) is 15.8. The molecule has 1 aliphatic heterocycles. The molecular formula is C12H21BIN2O4P. The van der Waals surface area contributed by atoms with Gasteiger partial charge < -0.3 is 18.9 Å². The summed E-state index contributed by atoms with van der Waals surface area (Å²) >= 11 is 2.17. The Morgan fingerprint density at radius 2 is 1.90 bits per heavy atom. The molecule has 9 heteroatoms. The molecule has 1 unspecified atom stereocenters. The normalized spacial score (nSPS) is 20.8. The molecule has 2 rings (SSSR count). The molecule has 1 N–H and O–H groups in total. The molecule has 0 saturated carbocycles. The van der Waals surface area contributed by atoms with Crippen molar-refractivity contribution in [2.24, 2.45) is 7.05 Å². The predicted octanol–water partition coefficient (Wildman–Crippen LogP) is 1.67. The highest BCUT2D eigenvalue weighted by molar-refractivity contribution is 14.2. The van der Waals surface area contributed by atoms with E-state index in [0.717, 1.165) is 11.2 Å². The average molecular weight is 426 g/mol. The van der Waals surface area contributed by atoms with Gasteiger partial charge >= 0.3 is 7.12 Å². The minimum Gasteiger partial charge on any atom is -0.399 e. The maximum absolute atomic E-state index is 9.65. The number of hydrogen-bond donors (Lipinski definition) is 1. The van der Waals surface area contributed by atoms with Crippen LogP contribution in [0.25, 0.3) is 0 Å². The first kappa shape index (κ1) is 17.6. The highest BCUT2D eigenvalue weighted by Crippen LogP contribution is 2.37. The van der Waals surface area contributed by atoms with Crippen LogP contribution in [0.2, 0.25) is 0 Å². The molecule has 0 aliphatic carbocycles. The standard InChI is InChI=1S/C12H21BIN2O4P/c1-11(2)12(3,4)20-13(19-11)10-8(7-18-21-14)15-16(5)9(10)6-17/h17,21H,6-7H2,1-5H3. The van der Waals surface area contributed by atoms with E-state index < -0.39 is 18.3 Å². The third-order valence-corrected chi connectivity index (χ3v) is 5.37. The van der Waals surface area contributed by atoms with Crippen molar-refractivity contribution >= 4 is 41.1 Å². The highest BCUT2D eigenvalue weighted by Gasteiger charge is 2.53. The highest BCUT2D eigenvalue weighted by atomic mass is 127. The Hall–Kier alpha value is 0.275. The minimum atomic E-state index is -0.540. The summed E-state index contributed by atoms with van der Waals surface area (Å²) in [5.74, 6) is 0. The van der Waals surface area contributed by atoms with Gasteiger partial charge in [0, 0.05) is 12.5 Å². The van der Waals surface area contributed by atoms with Crippen LogP contribution in [0.15, 0.2) is 0 Å². The van der Waals surface area contributed by atoms with Crippen molar-refractivity contribution in [3.63, 3.8) is 0 Å². The van der Waals surface area contributed by atoms with Crippen LogP contribution in [-0.4, -0.2) is 33.2 Å². The third kappa shape index (κ3) is 3.30. The van der Waals surface area contributed by atoms with Gasteiger partial charge in [0.05, 0.1) is 42.3 Å². The lowest BCUT2D eigenvalue weighted by Crippen LogP contribution is -2.41. The topological polar surface area (TPSA) is 65.7 Å². The number of aromatic nitrogens is 2.